The maximum atomic E-state index is 13.0. The highest BCUT2D eigenvalue weighted by Gasteiger charge is 2.22. The maximum absolute atomic E-state index is 13.0. The Morgan fingerprint density at radius 2 is 1.44 bits per heavy atom. The second kappa shape index (κ2) is 9.61. The molecule has 34 heavy (non-hydrogen) atoms. The van der Waals surface area contributed by atoms with Gasteiger partial charge in [0, 0.05) is 49.4 Å². The molecule has 172 valence electrons. The first-order valence-corrected chi connectivity index (χ1v) is 11.6. The van der Waals surface area contributed by atoms with Crippen LogP contribution in [-0.4, -0.2) is 52.1 Å². The quantitative estimate of drug-likeness (QED) is 0.427. The number of nitrogens with zero attached hydrogens (tertiary/aromatic N) is 4. The van der Waals surface area contributed by atoms with Crippen LogP contribution in [0.3, 0.4) is 0 Å². The van der Waals surface area contributed by atoms with E-state index >= 15 is 0 Å². The fraction of sp³-hybridized carbons (Fsp3) is 0.250. The van der Waals surface area contributed by atoms with E-state index in [9.17, 15) is 4.79 Å². The average molecular weight is 453 g/mol. The summed E-state index contributed by atoms with van der Waals surface area (Å²) in [5.41, 5.74) is 6.10. The van der Waals surface area contributed by atoms with E-state index < -0.39 is 0 Å². The van der Waals surface area contributed by atoms with Gasteiger partial charge in [0.1, 0.15) is 0 Å². The van der Waals surface area contributed by atoms with Crippen LogP contribution in [0.15, 0.2) is 77.2 Å². The van der Waals surface area contributed by atoms with Crippen LogP contribution in [-0.2, 0) is 6.54 Å². The molecule has 1 amide bonds. The SMILES string of the molecule is Cc1cccc(CN2CCN(C(=O)c3ccc(-c4nnc(-c5cccc(C)c5)o4)cc3)CC2)c1. The third-order valence-corrected chi connectivity index (χ3v) is 6.22. The summed E-state index contributed by atoms with van der Waals surface area (Å²) in [6.45, 7) is 8.29. The van der Waals surface area contributed by atoms with Crippen molar-refractivity contribution in [3.05, 3.63) is 95.1 Å². The zero-order valence-electron chi connectivity index (χ0n) is 19.6. The maximum Gasteiger partial charge on any atom is 0.253 e. The lowest BCUT2D eigenvalue weighted by molar-refractivity contribution is 0.0628. The zero-order chi connectivity index (χ0) is 23.5. The molecule has 1 aliphatic heterocycles. The van der Waals surface area contributed by atoms with Crippen molar-refractivity contribution >= 4 is 5.91 Å². The first-order chi connectivity index (χ1) is 16.5. The summed E-state index contributed by atoms with van der Waals surface area (Å²) in [6, 6.07) is 24.0. The van der Waals surface area contributed by atoms with E-state index in [1.54, 1.807) is 0 Å². The van der Waals surface area contributed by atoms with Crippen LogP contribution in [0.1, 0.15) is 27.0 Å². The van der Waals surface area contributed by atoms with Crippen molar-refractivity contribution in [2.24, 2.45) is 0 Å². The van der Waals surface area contributed by atoms with E-state index in [2.05, 4.69) is 46.3 Å². The lowest BCUT2D eigenvalue weighted by Crippen LogP contribution is -2.48. The van der Waals surface area contributed by atoms with Crippen molar-refractivity contribution in [1.29, 1.82) is 0 Å². The molecule has 1 aromatic heterocycles. The van der Waals surface area contributed by atoms with Crippen molar-refractivity contribution in [3.63, 3.8) is 0 Å². The van der Waals surface area contributed by atoms with Gasteiger partial charge in [0.2, 0.25) is 11.8 Å². The summed E-state index contributed by atoms with van der Waals surface area (Å²) >= 11 is 0. The standard InChI is InChI=1S/C28H28N4O2/c1-20-5-3-7-22(17-20)19-31-13-15-32(16-14-31)28(33)24-11-9-23(10-12-24)26-29-30-27(34-26)25-8-4-6-21(2)18-25/h3-12,17-18H,13-16,19H2,1-2H3. The number of rotatable bonds is 5. The molecule has 0 N–H and O–H groups in total. The molecule has 5 rings (SSSR count). The summed E-state index contributed by atoms with van der Waals surface area (Å²) in [4.78, 5) is 17.4. The summed E-state index contributed by atoms with van der Waals surface area (Å²) in [5.74, 6) is 0.996. The molecule has 0 spiro atoms. The second-order valence-electron chi connectivity index (χ2n) is 8.92. The molecular formula is C28H28N4O2. The largest absolute Gasteiger partial charge is 0.416 e. The van der Waals surface area contributed by atoms with E-state index in [1.165, 1.54) is 11.1 Å². The van der Waals surface area contributed by atoms with Crippen LogP contribution in [0.4, 0.5) is 0 Å². The van der Waals surface area contributed by atoms with E-state index in [0.717, 1.165) is 49.4 Å². The van der Waals surface area contributed by atoms with Crippen molar-refractivity contribution in [1.82, 2.24) is 20.0 Å². The molecule has 0 saturated carbocycles. The summed E-state index contributed by atoms with van der Waals surface area (Å²) < 4.78 is 5.87. The van der Waals surface area contributed by atoms with Crippen LogP contribution in [0.5, 0.6) is 0 Å². The molecule has 0 atom stereocenters. The predicted octanol–water partition coefficient (Wildman–Crippen LogP) is 4.98. The number of piperazine rings is 1. The number of aromatic nitrogens is 2. The highest BCUT2D eigenvalue weighted by Crippen LogP contribution is 2.25. The average Bonchev–Trinajstić information content (AvgIpc) is 3.35. The number of carbonyl (C=O) groups is 1. The number of hydrogen-bond donors (Lipinski definition) is 0. The van der Waals surface area contributed by atoms with E-state index in [0.29, 0.717) is 17.3 Å². The monoisotopic (exact) mass is 452 g/mol. The Kier molecular flexibility index (Phi) is 6.23. The van der Waals surface area contributed by atoms with Gasteiger partial charge in [-0.3, -0.25) is 9.69 Å². The number of aryl methyl sites for hydroxylation is 2. The molecule has 4 aromatic rings. The van der Waals surface area contributed by atoms with Gasteiger partial charge in [0.05, 0.1) is 0 Å². The van der Waals surface area contributed by atoms with E-state index in [1.807, 2.05) is 60.4 Å². The molecule has 3 aromatic carbocycles. The Morgan fingerprint density at radius 1 is 0.794 bits per heavy atom. The smallest absolute Gasteiger partial charge is 0.253 e. The zero-order valence-corrected chi connectivity index (χ0v) is 19.6. The Hall–Kier alpha value is -3.77. The lowest BCUT2D eigenvalue weighted by atomic mass is 10.1. The molecule has 1 saturated heterocycles. The van der Waals surface area contributed by atoms with Crippen LogP contribution in [0.2, 0.25) is 0 Å². The molecular weight excluding hydrogens is 424 g/mol. The van der Waals surface area contributed by atoms with Crippen LogP contribution in [0.25, 0.3) is 22.9 Å². The molecule has 6 heteroatoms. The molecule has 0 aliphatic carbocycles. The molecule has 0 radical (unpaired) electrons. The van der Waals surface area contributed by atoms with Crippen LogP contribution in [0, 0.1) is 13.8 Å². The van der Waals surface area contributed by atoms with Gasteiger partial charge in [-0.1, -0.05) is 47.5 Å². The number of carbonyl (C=O) groups excluding carboxylic acids is 1. The Labute approximate surface area is 199 Å². The summed E-state index contributed by atoms with van der Waals surface area (Å²) in [7, 11) is 0. The molecule has 2 heterocycles. The van der Waals surface area contributed by atoms with E-state index in [-0.39, 0.29) is 5.91 Å². The Bertz CT molecular complexity index is 1290. The van der Waals surface area contributed by atoms with Gasteiger partial charge in [-0.15, -0.1) is 10.2 Å². The summed E-state index contributed by atoms with van der Waals surface area (Å²) in [6.07, 6.45) is 0. The molecule has 1 aliphatic rings. The Morgan fingerprint density at radius 3 is 2.12 bits per heavy atom. The van der Waals surface area contributed by atoms with Gasteiger partial charge >= 0.3 is 0 Å². The van der Waals surface area contributed by atoms with Crippen molar-refractivity contribution < 1.29 is 9.21 Å². The predicted molar refractivity (Wildman–Crippen MR) is 132 cm³/mol. The van der Waals surface area contributed by atoms with Crippen molar-refractivity contribution in [2.75, 3.05) is 26.2 Å². The first kappa shape index (κ1) is 22.0. The summed E-state index contributed by atoms with van der Waals surface area (Å²) in [5, 5.41) is 8.37. The highest BCUT2D eigenvalue weighted by atomic mass is 16.4. The number of hydrogen-bond acceptors (Lipinski definition) is 5. The lowest BCUT2D eigenvalue weighted by Gasteiger charge is -2.34. The van der Waals surface area contributed by atoms with E-state index in [4.69, 9.17) is 4.42 Å². The van der Waals surface area contributed by atoms with Gasteiger partial charge in [0.15, 0.2) is 0 Å². The van der Waals surface area contributed by atoms with Gasteiger partial charge < -0.3 is 9.32 Å². The minimum Gasteiger partial charge on any atom is -0.416 e. The first-order valence-electron chi connectivity index (χ1n) is 11.6. The van der Waals surface area contributed by atoms with Gasteiger partial charge in [0.25, 0.3) is 5.91 Å². The van der Waals surface area contributed by atoms with Crippen LogP contribution < -0.4 is 0 Å². The minimum atomic E-state index is 0.0627. The Balaban J connectivity index is 1.20. The number of benzene rings is 3. The fourth-order valence-electron chi connectivity index (χ4n) is 4.35. The van der Waals surface area contributed by atoms with Gasteiger partial charge in [-0.2, -0.15) is 0 Å². The minimum absolute atomic E-state index is 0.0627. The van der Waals surface area contributed by atoms with Gasteiger partial charge in [-0.05, 0) is 55.8 Å². The normalized spacial score (nSPS) is 14.4. The number of amides is 1. The highest BCUT2D eigenvalue weighted by molar-refractivity contribution is 5.94. The van der Waals surface area contributed by atoms with Crippen molar-refractivity contribution in [2.45, 2.75) is 20.4 Å². The third kappa shape index (κ3) is 4.92. The second-order valence-corrected chi connectivity index (χ2v) is 8.92. The van der Waals surface area contributed by atoms with Crippen LogP contribution >= 0.6 is 0 Å². The topological polar surface area (TPSA) is 62.5 Å². The van der Waals surface area contributed by atoms with Crippen molar-refractivity contribution in [3.8, 4) is 22.9 Å². The fourth-order valence-corrected chi connectivity index (χ4v) is 4.35. The van der Waals surface area contributed by atoms with Gasteiger partial charge in [-0.25, -0.2) is 0 Å². The molecule has 1 fully saturated rings. The molecule has 6 nitrogen and oxygen atoms in total. The molecule has 0 unspecified atom stereocenters. The third-order valence-electron chi connectivity index (χ3n) is 6.22. The molecule has 0 bridgehead atoms.